The fourth-order valence-electron chi connectivity index (χ4n) is 3.41. The topological polar surface area (TPSA) is 69.7 Å². The average Bonchev–Trinajstić information content (AvgIpc) is 2.57. The van der Waals surface area contributed by atoms with Gasteiger partial charge < -0.3 is 10.2 Å². The molecular weight excluding hydrogens is 350 g/mol. The molecule has 146 valence electrons. The summed E-state index contributed by atoms with van der Waals surface area (Å²) < 4.78 is 26.0. The Morgan fingerprint density at radius 1 is 1.23 bits per heavy atom. The van der Waals surface area contributed by atoms with E-state index in [1.165, 1.54) is 23.6 Å². The first kappa shape index (κ1) is 20.7. The highest BCUT2D eigenvalue weighted by atomic mass is 32.2. The zero-order valence-electron chi connectivity index (χ0n) is 16.3. The van der Waals surface area contributed by atoms with Gasteiger partial charge in [0.15, 0.2) is 0 Å². The summed E-state index contributed by atoms with van der Waals surface area (Å²) in [5.41, 5.74) is 2.34. The quantitative estimate of drug-likeness (QED) is 0.785. The number of sulfonamides is 1. The molecule has 1 aromatic rings. The van der Waals surface area contributed by atoms with Crippen LogP contribution in [0, 0.1) is 13.8 Å². The van der Waals surface area contributed by atoms with Gasteiger partial charge in [-0.3, -0.25) is 9.10 Å². The van der Waals surface area contributed by atoms with Crippen molar-refractivity contribution in [2.24, 2.45) is 0 Å². The number of hydrogen-bond donors (Lipinski definition) is 1. The van der Waals surface area contributed by atoms with Crippen LogP contribution in [0.15, 0.2) is 18.2 Å². The van der Waals surface area contributed by atoms with Gasteiger partial charge in [-0.1, -0.05) is 18.6 Å². The number of carbonyl (C=O) groups excluding carboxylic acids is 1. The van der Waals surface area contributed by atoms with Crippen molar-refractivity contribution in [1.82, 2.24) is 10.2 Å². The molecule has 1 heterocycles. The summed E-state index contributed by atoms with van der Waals surface area (Å²) in [6, 6.07) is 4.83. The Morgan fingerprint density at radius 2 is 1.88 bits per heavy atom. The Balaban J connectivity index is 2.07. The van der Waals surface area contributed by atoms with Crippen LogP contribution in [0.1, 0.15) is 37.3 Å². The lowest BCUT2D eigenvalue weighted by atomic mass is 10.1. The molecule has 1 aliphatic rings. The number of rotatable bonds is 7. The van der Waals surface area contributed by atoms with E-state index in [2.05, 4.69) is 10.2 Å². The summed E-state index contributed by atoms with van der Waals surface area (Å²) in [7, 11) is -3.58. The lowest BCUT2D eigenvalue weighted by Crippen LogP contribution is -2.49. The molecular formula is C19H31N3O3S. The van der Waals surface area contributed by atoms with E-state index in [0.717, 1.165) is 37.0 Å². The Hall–Kier alpha value is -1.60. The minimum atomic E-state index is -3.58. The van der Waals surface area contributed by atoms with E-state index < -0.39 is 16.1 Å². The number of nitrogens with zero attached hydrogens (tertiary/aromatic N) is 2. The third kappa shape index (κ3) is 5.45. The number of likely N-dealkylation sites (tertiary alicyclic amines) is 1. The zero-order chi connectivity index (χ0) is 19.3. The molecule has 1 saturated heterocycles. The molecule has 1 N–H and O–H groups in total. The highest BCUT2D eigenvalue weighted by Gasteiger charge is 2.30. The maximum Gasteiger partial charge on any atom is 0.243 e. The highest BCUT2D eigenvalue weighted by molar-refractivity contribution is 7.92. The monoisotopic (exact) mass is 381 g/mol. The summed E-state index contributed by atoms with van der Waals surface area (Å²) in [6.07, 6.45) is 4.84. The fraction of sp³-hybridized carbons (Fsp3) is 0.632. The lowest BCUT2D eigenvalue weighted by Gasteiger charge is -2.30. The first-order chi connectivity index (χ1) is 12.2. The van der Waals surface area contributed by atoms with Gasteiger partial charge in [0.25, 0.3) is 0 Å². The Kier molecular flexibility index (Phi) is 7.06. The van der Waals surface area contributed by atoms with Crippen molar-refractivity contribution >= 4 is 21.6 Å². The van der Waals surface area contributed by atoms with Crippen LogP contribution >= 0.6 is 0 Å². The third-order valence-corrected chi connectivity index (χ3v) is 6.09. The second-order valence-corrected chi connectivity index (χ2v) is 9.08. The van der Waals surface area contributed by atoms with Crippen LogP contribution in [0.4, 0.5) is 5.69 Å². The molecule has 26 heavy (non-hydrogen) atoms. The van der Waals surface area contributed by atoms with Crippen LogP contribution in [0.3, 0.4) is 0 Å². The van der Waals surface area contributed by atoms with Crippen molar-refractivity contribution in [2.75, 3.05) is 36.7 Å². The standard InChI is InChI=1S/C19H31N3O3S/c1-15-8-9-16(2)18(14-15)22(26(4,24)25)17(3)19(23)20-10-13-21-11-6-5-7-12-21/h8-9,14,17H,5-7,10-13H2,1-4H3,(H,20,23). The summed E-state index contributed by atoms with van der Waals surface area (Å²) >= 11 is 0. The number of nitrogens with one attached hydrogen (secondary N) is 1. The van der Waals surface area contributed by atoms with Gasteiger partial charge in [0.2, 0.25) is 15.9 Å². The van der Waals surface area contributed by atoms with Crippen LogP contribution in [0.2, 0.25) is 0 Å². The molecule has 7 heteroatoms. The van der Waals surface area contributed by atoms with Crippen molar-refractivity contribution in [3.05, 3.63) is 29.3 Å². The second-order valence-electron chi connectivity index (χ2n) is 7.22. The molecule has 1 atom stereocenters. The first-order valence-electron chi connectivity index (χ1n) is 9.27. The van der Waals surface area contributed by atoms with Crippen molar-refractivity contribution in [3.63, 3.8) is 0 Å². The predicted octanol–water partition coefficient (Wildman–Crippen LogP) is 2.06. The maximum atomic E-state index is 12.6. The molecule has 6 nitrogen and oxygen atoms in total. The van der Waals surface area contributed by atoms with Gasteiger partial charge >= 0.3 is 0 Å². The second kappa shape index (κ2) is 8.86. The van der Waals surface area contributed by atoms with Crippen molar-refractivity contribution in [2.45, 2.75) is 46.1 Å². The summed E-state index contributed by atoms with van der Waals surface area (Å²) in [5, 5.41) is 2.90. The van der Waals surface area contributed by atoms with Gasteiger partial charge in [-0.25, -0.2) is 8.42 Å². The molecule has 0 saturated carbocycles. The molecule has 1 fully saturated rings. The number of amides is 1. The summed E-state index contributed by atoms with van der Waals surface area (Å²) in [5.74, 6) is -0.270. The summed E-state index contributed by atoms with van der Waals surface area (Å²) in [4.78, 5) is 14.9. The Morgan fingerprint density at radius 3 is 2.50 bits per heavy atom. The number of carbonyl (C=O) groups is 1. The van der Waals surface area contributed by atoms with Crippen LogP contribution in [-0.2, 0) is 14.8 Å². The molecule has 1 aromatic carbocycles. The van der Waals surface area contributed by atoms with Crippen molar-refractivity contribution in [3.8, 4) is 0 Å². The Bertz CT molecular complexity index is 728. The van der Waals surface area contributed by atoms with Crippen LogP contribution in [-0.4, -0.2) is 57.7 Å². The molecule has 2 rings (SSSR count). The molecule has 0 aromatic heterocycles. The van der Waals surface area contributed by atoms with Crippen LogP contribution in [0.25, 0.3) is 0 Å². The van der Waals surface area contributed by atoms with Crippen LogP contribution < -0.4 is 9.62 Å². The molecule has 1 aliphatic heterocycles. The van der Waals surface area contributed by atoms with E-state index in [0.29, 0.717) is 12.2 Å². The Labute approximate surface area is 157 Å². The number of anilines is 1. The largest absolute Gasteiger partial charge is 0.353 e. The zero-order valence-corrected chi connectivity index (χ0v) is 17.1. The van der Waals surface area contributed by atoms with E-state index in [-0.39, 0.29) is 5.91 Å². The first-order valence-corrected chi connectivity index (χ1v) is 11.1. The van der Waals surface area contributed by atoms with Crippen LogP contribution in [0.5, 0.6) is 0 Å². The fourth-order valence-corrected chi connectivity index (χ4v) is 4.63. The third-order valence-electron chi connectivity index (χ3n) is 4.87. The molecule has 0 radical (unpaired) electrons. The molecule has 0 aliphatic carbocycles. The number of piperidine rings is 1. The predicted molar refractivity (Wildman–Crippen MR) is 106 cm³/mol. The minimum Gasteiger partial charge on any atom is -0.353 e. The highest BCUT2D eigenvalue weighted by Crippen LogP contribution is 2.26. The van der Waals surface area contributed by atoms with Crippen molar-refractivity contribution < 1.29 is 13.2 Å². The van der Waals surface area contributed by atoms with Gasteiger partial charge in [-0.05, 0) is 63.9 Å². The minimum absolute atomic E-state index is 0.270. The van der Waals surface area contributed by atoms with E-state index in [1.54, 1.807) is 6.92 Å². The average molecular weight is 382 g/mol. The van der Waals surface area contributed by atoms with Gasteiger partial charge in [0.1, 0.15) is 6.04 Å². The smallest absolute Gasteiger partial charge is 0.243 e. The van der Waals surface area contributed by atoms with E-state index in [4.69, 9.17) is 0 Å². The number of hydrogen-bond acceptors (Lipinski definition) is 4. The molecule has 0 bridgehead atoms. The number of aryl methyl sites for hydroxylation is 2. The SMILES string of the molecule is Cc1ccc(C)c(N(C(C)C(=O)NCCN2CCCCC2)S(C)(=O)=O)c1. The van der Waals surface area contributed by atoms with E-state index >= 15 is 0 Å². The number of benzene rings is 1. The maximum absolute atomic E-state index is 12.6. The van der Waals surface area contributed by atoms with E-state index in [9.17, 15) is 13.2 Å². The van der Waals surface area contributed by atoms with Gasteiger partial charge in [0.05, 0.1) is 11.9 Å². The summed E-state index contributed by atoms with van der Waals surface area (Å²) in [6.45, 7) is 8.89. The molecule has 1 unspecified atom stereocenters. The van der Waals surface area contributed by atoms with Gasteiger partial charge in [0, 0.05) is 13.1 Å². The van der Waals surface area contributed by atoms with E-state index in [1.807, 2.05) is 32.0 Å². The lowest BCUT2D eigenvalue weighted by molar-refractivity contribution is -0.121. The van der Waals surface area contributed by atoms with Gasteiger partial charge in [-0.2, -0.15) is 0 Å². The van der Waals surface area contributed by atoms with Crippen molar-refractivity contribution in [1.29, 1.82) is 0 Å². The molecule has 1 amide bonds. The molecule has 0 spiro atoms. The van der Waals surface area contributed by atoms with Gasteiger partial charge in [-0.15, -0.1) is 0 Å². The normalized spacial score (nSPS) is 16.9.